The van der Waals surface area contributed by atoms with Gasteiger partial charge in [-0.1, -0.05) is 30.4 Å². The van der Waals surface area contributed by atoms with E-state index >= 15 is 0 Å². The molecule has 1 unspecified atom stereocenters. The molecule has 0 N–H and O–H groups in total. The van der Waals surface area contributed by atoms with Gasteiger partial charge in [-0.25, -0.2) is 0 Å². The summed E-state index contributed by atoms with van der Waals surface area (Å²) in [5.41, 5.74) is 2.39. The summed E-state index contributed by atoms with van der Waals surface area (Å²) in [4.78, 5) is 2.16. The number of hydrogen-bond donors (Lipinski definition) is 0. The highest BCUT2D eigenvalue weighted by Gasteiger charge is 2.12. The van der Waals surface area contributed by atoms with Crippen molar-refractivity contribution in [2.75, 3.05) is 13.7 Å². The lowest BCUT2D eigenvalue weighted by molar-refractivity contribution is 0.228. The van der Waals surface area contributed by atoms with Crippen LogP contribution in [0.3, 0.4) is 0 Å². The molecule has 0 bridgehead atoms. The molecule has 1 aromatic carbocycles. The van der Waals surface area contributed by atoms with Gasteiger partial charge in [-0.3, -0.25) is 0 Å². The SMILES string of the molecule is Cc1cccc(C)c1OCC1C=CC=CN1C. The highest BCUT2D eigenvalue weighted by molar-refractivity contribution is 5.39. The molecular formula is C15H19NO. The molecule has 0 fully saturated rings. The Bertz CT molecular complexity index is 428. The van der Waals surface area contributed by atoms with Crippen molar-refractivity contribution >= 4 is 0 Å². The monoisotopic (exact) mass is 229 g/mol. The van der Waals surface area contributed by atoms with Crippen molar-refractivity contribution in [2.24, 2.45) is 0 Å². The van der Waals surface area contributed by atoms with Gasteiger partial charge in [0.05, 0.1) is 6.04 Å². The van der Waals surface area contributed by atoms with Crippen LogP contribution in [0.1, 0.15) is 11.1 Å². The first-order chi connectivity index (χ1) is 8.18. The van der Waals surface area contributed by atoms with E-state index in [9.17, 15) is 0 Å². The van der Waals surface area contributed by atoms with E-state index < -0.39 is 0 Å². The van der Waals surface area contributed by atoms with E-state index in [0.717, 1.165) is 5.75 Å². The number of rotatable bonds is 3. The molecule has 2 heteroatoms. The molecule has 0 spiro atoms. The van der Waals surface area contributed by atoms with E-state index in [1.54, 1.807) is 0 Å². The normalized spacial score (nSPS) is 18.5. The number of hydrogen-bond acceptors (Lipinski definition) is 2. The molecule has 2 nitrogen and oxygen atoms in total. The van der Waals surface area contributed by atoms with Gasteiger partial charge in [-0.05, 0) is 37.3 Å². The van der Waals surface area contributed by atoms with Crippen molar-refractivity contribution < 1.29 is 4.74 Å². The second kappa shape index (κ2) is 5.09. The minimum atomic E-state index is 0.319. The third-order valence-electron chi connectivity index (χ3n) is 3.10. The minimum absolute atomic E-state index is 0.319. The highest BCUT2D eigenvalue weighted by atomic mass is 16.5. The molecule has 90 valence electrons. The molecule has 1 aliphatic rings. The lowest BCUT2D eigenvalue weighted by atomic mass is 10.1. The topological polar surface area (TPSA) is 12.5 Å². The number of aryl methyl sites for hydroxylation is 2. The van der Waals surface area contributed by atoms with Gasteiger partial charge < -0.3 is 9.64 Å². The maximum atomic E-state index is 5.95. The predicted molar refractivity (Wildman–Crippen MR) is 71.2 cm³/mol. The third-order valence-corrected chi connectivity index (χ3v) is 3.10. The zero-order valence-electron chi connectivity index (χ0n) is 10.7. The van der Waals surface area contributed by atoms with Crippen molar-refractivity contribution in [2.45, 2.75) is 19.9 Å². The zero-order valence-corrected chi connectivity index (χ0v) is 10.7. The number of nitrogens with zero attached hydrogens (tertiary/aromatic N) is 1. The highest BCUT2D eigenvalue weighted by Crippen LogP contribution is 2.23. The summed E-state index contributed by atoms with van der Waals surface area (Å²) in [5, 5.41) is 0. The fourth-order valence-electron chi connectivity index (χ4n) is 1.99. The van der Waals surface area contributed by atoms with E-state index in [-0.39, 0.29) is 0 Å². The smallest absolute Gasteiger partial charge is 0.125 e. The fraction of sp³-hybridized carbons (Fsp3) is 0.333. The van der Waals surface area contributed by atoms with E-state index in [2.05, 4.69) is 62.3 Å². The molecule has 0 saturated carbocycles. The quantitative estimate of drug-likeness (QED) is 0.789. The van der Waals surface area contributed by atoms with Gasteiger partial charge in [0.25, 0.3) is 0 Å². The first kappa shape index (κ1) is 11.8. The third kappa shape index (κ3) is 2.70. The molecule has 2 rings (SSSR count). The van der Waals surface area contributed by atoms with Crippen LogP contribution >= 0.6 is 0 Å². The van der Waals surface area contributed by atoms with Crippen LogP contribution in [0.2, 0.25) is 0 Å². The van der Waals surface area contributed by atoms with Gasteiger partial charge in [0.15, 0.2) is 0 Å². The molecule has 1 atom stereocenters. The molecule has 0 aromatic heterocycles. The maximum absolute atomic E-state index is 5.95. The Balaban J connectivity index is 2.03. The summed E-state index contributed by atoms with van der Waals surface area (Å²) in [6.07, 6.45) is 8.33. The Hall–Kier alpha value is -1.70. The molecular weight excluding hydrogens is 210 g/mol. The Kier molecular flexibility index (Phi) is 3.52. The standard InChI is InChI=1S/C15H19NO/c1-12-7-6-8-13(2)15(12)17-11-14-9-4-5-10-16(14)3/h4-10,14H,11H2,1-3H3. The first-order valence-corrected chi connectivity index (χ1v) is 5.94. The number of ether oxygens (including phenoxy) is 1. The maximum Gasteiger partial charge on any atom is 0.125 e. The summed E-state index contributed by atoms with van der Waals surface area (Å²) in [7, 11) is 2.07. The molecule has 1 aliphatic heterocycles. The zero-order chi connectivity index (χ0) is 12.3. The van der Waals surface area contributed by atoms with Crippen LogP contribution in [0.15, 0.2) is 42.6 Å². The Labute approximate surface area is 103 Å². The summed E-state index contributed by atoms with van der Waals surface area (Å²) in [5.74, 6) is 1.02. The van der Waals surface area contributed by atoms with Crippen LogP contribution in [-0.4, -0.2) is 24.6 Å². The van der Waals surface area contributed by atoms with E-state index in [4.69, 9.17) is 4.74 Å². The molecule has 1 aromatic rings. The van der Waals surface area contributed by atoms with Gasteiger partial charge >= 0.3 is 0 Å². The largest absolute Gasteiger partial charge is 0.491 e. The second-order valence-corrected chi connectivity index (χ2v) is 4.49. The summed E-state index contributed by atoms with van der Waals surface area (Å²) in [6, 6.07) is 6.55. The van der Waals surface area contributed by atoms with Crippen LogP contribution in [-0.2, 0) is 0 Å². The number of para-hydroxylation sites is 1. The Morgan fingerprint density at radius 2 is 1.88 bits per heavy atom. The number of benzene rings is 1. The average molecular weight is 229 g/mol. The summed E-state index contributed by atoms with van der Waals surface area (Å²) in [6.45, 7) is 4.86. The van der Waals surface area contributed by atoms with Crippen LogP contribution in [0.5, 0.6) is 5.75 Å². The molecule has 0 amide bonds. The predicted octanol–water partition coefficient (Wildman–Crippen LogP) is 3.07. The molecule has 1 heterocycles. The van der Waals surface area contributed by atoms with Gasteiger partial charge in [0.1, 0.15) is 12.4 Å². The summed E-state index contributed by atoms with van der Waals surface area (Å²) >= 11 is 0. The molecule has 17 heavy (non-hydrogen) atoms. The van der Waals surface area contributed by atoms with Crippen LogP contribution in [0.4, 0.5) is 0 Å². The van der Waals surface area contributed by atoms with Gasteiger partial charge in [0, 0.05) is 7.05 Å². The first-order valence-electron chi connectivity index (χ1n) is 5.94. The lowest BCUT2D eigenvalue weighted by Gasteiger charge is -2.26. The van der Waals surface area contributed by atoms with Crippen molar-refractivity contribution in [3.05, 3.63) is 53.8 Å². The van der Waals surface area contributed by atoms with E-state index in [1.165, 1.54) is 11.1 Å². The van der Waals surface area contributed by atoms with Crippen LogP contribution in [0, 0.1) is 13.8 Å². The van der Waals surface area contributed by atoms with Gasteiger partial charge in [-0.15, -0.1) is 0 Å². The lowest BCUT2D eigenvalue weighted by Crippen LogP contribution is -2.32. The van der Waals surface area contributed by atoms with Crippen molar-refractivity contribution in [1.29, 1.82) is 0 Å². The van der Waals surface area contributed by atoms with E-state index in [0.29, 0.717) is 12.6 Å². The molecule has 0 radical (unpaired) electrons. The molecule has 0 aliphatic carbocycles. The van der Waals surface area contributed by atoms with Gasteiger partial charge in [0.2, 0.25) is 0 Å². The fourth-order valence-corrected chi connectivity index (χ4v) is 1.99. The Morgan fingerprint density at radius 1 is 1.18 bits per heavy atom. The average Bonchev–Trinajstić information content (AvgIpc) is 2.30. The molecule has 0 saturated heterocycles. The minimum Gasteiger partial charge on any atom is -0.491 e. The van der Waals surface area contributed by atoms with Gasteiger partial charge in [-0.2, -0.15) is 0 Å². The van der Waals surface area contributed by atoms with Crippen molar-refractivity contribution in [3.63, 3.8) is 0 Å². The second-order valence-electron chi connectivity index (χ2n) is 4.49. The van der Waals surface area contributed by atoms with E-state index in [1.807, 2.05) is 6.08 Å². The number of likely N-dealkylation sites (N-methyl/N-ethyl adjacent to an activating group) is 1. The summed E-state index contributed by atoms with van der Waals surface area (Å²) < 4.78 is 5.95. The van der Waals surface area contributed by atoms with Crippen LogP contribution in [0.25, 0.3) is 0 Å². The van der Waals surface area contributed by atoms with Crippen LogP contribution < -0.4 is 4.74 Å². The Morgan fingerprint density at radius 3 is 2.53 bits per heavy atom. The number of allylic oxidation sites excluding steroid dienone is 2. The van der Waals surface area contributed by atoms with Crippen molar-refractivity contribution in [3.8, 4) is 5.75 Å². The van der Waals surface area contributed by atoms with Crippen molar-refractivity contribution in [1.82, 2.24) is 4.90 Å².